The molecule has 8 heteroatoms. The lowest BCUT2D eigenvalue weighted by Gasteiger charge is -2.20. The van der Waals surface area contributed by atoms with Crippen molar-refractivity contribution in [3.8, 4) is 0 Å². The van der Waals surface area contributed by atoms with Crippen molar-refractivity contribution in [2.45, 2.75) is 37.0 Å². The van der Waals surface area contributed by atoms with E-state index in [-0.39, 0.29) is 29.2 Å². The van der Waals surface area contributed by atoms with Crippen LogP contribution in [0.5, 0.6) is 0 Å². The first-order valence-corrected chi connectivity index (χ1v) is 10.6. The molecule has 0 radical (unpaired) electrons. The standard InChI is InChI=1S/C21H23N3O4S/c25-20(22-16-9-11-18(12-10-16)24(27)28)14-29-19-8-4-7-17(13-19)23-21(26)15-5-2-1-3-6-15/h4,7-13,15H,1-3,5-6,14H2,(H,22,25)(H,23,26). The van der Waals surface area contributed by atoms with E-state index < -0.39 is 4.92 Å². The van der Waals surface area contributed by atoms with E-state index in [4.69, 9.17) is 0 Å². The lowest BCUT2D eigenvalue weighted by molar-refractivity contribution is -0.384. The molecule has 0 saturated heterocycles. The van der Waals surface area contributed by atoms with Crippen molar-refractivity contribution in [2.75, 3.05) is 16.4 Å². The highest BCUT2D eigenvalue weighted by Gasteiger charge is 2.21. The molecule has 0 atom stereocenters. The number of nitrogens with zero attached hydrogens (tertiary/aromatic N) is 1. The summed E-state index contributed by atoms with van der Waals surface area (Å²) in [4.78, 5) is 35.6. The number of carbonyl (C=O) groups excluding carboxylic acids is 2. The van der Waals surface area contributed by atoms with Gasteiger partial charge in [-0.2, -0.15) is 0 Å². The van der Waals surface area contributed by atoms with E-state index in [1.165, 1.54) is 42.4 Å². The van der Waals surface area contributed by atoms with Gasteiger partial charge < -0.3 is 10.6 Å². The molecule has 1 fully saturated rings. The van der Waals surface area contributed by atoms with Crippen LogP contribution in [0.1, 0.15) is 32.1 Å². The molecule has 0 unspecified atom stereocenters. The number of carbonyl (C=O) groups is 2. The number of anilines is 2. The molecule has 0 heterocycles. The first-order chi connectivity index (χ1) is 14.0. The first kappa shape index (κ1) is 20.9. The van der Waals surface area contributed by atoms with Gasteiger partial charge in [0.2, 0.25) is 11.8 Å². The minimum Gasteiger partial charge on any atom is -0.326 e. The third kappa shape index (κ3) is 6.32. The fraction of sp³-hybridized carbons (Fsp3) is 0.333. The maximum atomic E-state index is 12.4. The van der Waals surface area contributed by atoms with Gasteiger partial charge in [0.1, 0.15) is 0 Å². The third-order valence-electron chi connectivity index (χ3n) is 4.81. The van der Waals surface area contributed by atoms with Gasteiger partial charge in [0.25, 0.3) is 5.69 Å². The molecular weight excluding hydrogens is 390 g/mol. The summed E-state index contributed by atoms with van der Waals surface area (Å²) in [6, 6.07) is 13.2. The molecule has 2 N–H and O–H groups in total. The minimum absolute atomic E-state index is 0.0236. The zero-order valence-electron chi connectivity index (χ0n) is 15.9. The van der Waals surface area contributed by atoms with E-state index >= 15 is 0 Å². The van der Waals surface area contributed by atoms with Crippen LogP contribution < -0.4 is 10.6 Å². The summed E-state index contributed by atoms with van der Waals surface area (Å²) in [6.45, 7) is 0. The highest BCUT2D eigenvalue weighted by atomic mass is 32.2. The predicted octanol–water partition coefficient (Wildman–Crippen LogP) is 4.84. The van der Waals surface area contributed by atoms with Gasteiger partial charge in [-0.25, -0.2) is 0 Å². The van der Waals surface area contributed by atoms with Crippen LogP contribution in [0.3, 0.4) is 0 Å². The number of hydrogen-bond donors (Lipinski definition) is 2. The Kier molecular flexibility index (Phi) is 7.24. The van der Waals surface area contributed by atoms with E-state index in [2.05, 4.69) is 10.6 Å². The average molecular weight is 413 g/mol. The molecule has 0 aromatic heterocycles. The van der Waals surface area contributed by atoms with Crippen LogP contribution in [-0.4, -0.2) is 22.5 Å². The smallest absolute Gasteiger partial charge is 0.269 e. The van der Waals surface area contributed by atoms with Crippen LogP contribution in [0, 0.1) is 16.0 Å². The number of nitro groups is 1. The number of non-ortho nitro benzene ring substituents is 1. The van der Waals surface area contributed by atoms with E-state index in [1.54, 1.807) is 0 Å². The second kappa shape index (κ2) is 10.1. The molecule has 7 nitrogen and oxygen atoms in total. The van der Waals surface area contributed by atoms with Crippen molar-refractivity contribution in [1.82, 2.24) is 0 Å². The average Bonchev–Trinajstić information content (AvgIpc) is 2.73. The van der Waals surface area contributed by atoms with Crippen LogP contribution in [0.2, 0.25) is 0 Å². The van der Waals surface area contributed by atoms with Gasteiger partial charge in [-0.15, -0.1) is 11.8 Å². The number of nitrogens with one attached hydrogen (secondary N) is 2. The number of nitro benzene ring substituents is 1. The van der Waals surface area contributed by atoms with Gasteiger partial charge in [0.15, 0.2) is 0 Å². The predicted molar refractivity (Wildman–Crippen MR) is 114 cm³/mol. The maximum absolute atomic E-state index is 12.4. The monoisotopic (exact) mass is 413 g/mol. The molecule has 3 rings (SSSR count). The number of thioether (sulfide) groups is 1. The summed E-state index contributed by atoms with van der Waals surface area (Å²) >= 11 is 1.36. The van der Waals surface area contributed by atoms with Crippen LogP contribution in [-0.2, 0) is 9.59 Å². The Morgan fingerprint density at radius 1 is 1.00 bits per heavy atom. The highest BCUT2D eigenvalue weighted by Crippen LogP contribution is 2.26. The van der Waals surface area contributed by atoms with Gasteiger partial charge in [-0.05, 0) is 43.2 Å². The van der Waals surface area contributed by atoms with Crippen LogP contribution in [0.4, 0.5) is 17.1 Å². The maximum Gasteiger partial charge on any atom is 0.269 e. The largest absolute Gasteiger partial charge is 0.326 e. The Balaban J connectivity index is 1.50. The van der Waals surface area contributed by atoms with Crippen LogP contribution >= 0.6 is 11.8 Å². The number of benzene rings is 2. The molecular formula is C21H23N3O4S. The molecule has 29 heavy (non-hydrogen) atoms. The van der Waals surface area contributed by atoms with Crippen molar-refractivity contribution in [3.63, 3.8) is 0 Å². The van der Waals surface area contributed by atoms with Gasteiger partial charge in [0, 0.05) is 34.3 Å². The summed E-state index contributed by atoms with van der Waals surface area (Å²) in [5.74, 6) is 0.146. The van der Waals surface area contributed by atoms with E-state index in [9.17, 15) is 19.7 Å². The Hall–Kier alpha value is -2.87. The van der Waals surface area contributed by atoms with Gasteiger partial charge in [-0.3, -0.25) is 19.7 Å². The van der Waals surface area contributed by atoms with Crippen molar-refractivity contribution in [2.24, 2.45) is 5.92 Å². The summed E-state index contributed by atoms with van der Waals surface area (Å²) in [6.07, 6.45) is 5.32. The fourth-order valence-electron chi connectivity index (χ4n) is 3.29. The van der Waals surface area contributed by atoms with Crippen molar-refractivity contribution in [3.05, 3.63) is 58.6 Å². The molecule has 0 aliphatic heterocycles. The van der Waals surface area contributed by atoms with Gasteiger partial charge in [0.05, 0.1) is 10.7 Å². The Morgan fingerprint density at radius 2 is 1.72 bits per heavy atom. The molecule has 1 saturated carbocycles. The van der Waals surface area contributed by atoms with Crippen LogP contribution in [0.15, 0.2) is 53.4 Å². The molecule has 152 valence electrons. The second-order valence-electron chi connectivity index (χ2n) is 6.99. The van der Waals surface area contributed by atoms with E-state index in [1.807, 2.05) is 24.3 Å². The molecule has 1 aliphatic rings. The summed E-state index contributed by atoms with van der Waals surface area (Å²) in [7, 11) is 0. The van der Waals surface area contributed by atoms with Gasteiger partial charge >= 0.3 is 0 Å². The van der Waals surface area contributed by atoms with Crippen molar-refractivity contribution >= 4 is 40.6 Å². The third-order valence-corrected chi connectivity index (χ3v) is 5.80. The molecule has 2 amide bonds. The zero-order chi connectivity index (χ0) is 20.6. The highest BCUT2D eigenvalue weighted by molar-refractivity contribution is 8.00. The van der Waals surface area contributed by atoms with Crippen molar-refractivity contribution < 1.29 is 14.5 Å². The summed E-state index contributed by atoms with van der Waals surface area (Å²) < 4.78 is 0. The number of amides is 2. The second-order valence-corrected chi connectivity index (χ2v) is 8.04. The zero-order valence-corrected chi connectivity index (χ0v) is 16.7. The molecule has 1 aliphatic carbocycles. The number of hydrogen-bond acceptors (Lipinski definition) is 5. The summed E-state index contributed by atoms with van der Waals surface area (Å²) in [5, 5.41) is 16.4. The van der Waals surface area contributed by atoms with Gasteiger partial charge in [-0.1, -0.05) is 25.3 Å². The molecule has 2 aromatic rings. The SMILES string of the molecule is O=C(CSc1cccc(NC(=O)C2CCCCC2)c1)Nc1ccc([N+](=O)[O-])cc1. The minimum atomic E-state index is -0.485. The molecule has 0 bridgehead atoms. The lowest BCUT2D eigenvalue weighted by Crippen LogP contribution is -2.24. The van der Waals surface area contributed by atoms with E-state index in [0.717, 1.165) is 36.3 Å². The van der Waals surface area contributed by atoms with E-state index in [0.29, 0.717) is 5.69 Å². The Morgan fingerprint density at radius 3 is 2.41 bits per heavy atom. The van der Waals surface area contributed by atoms with Crippen LogP contribution in [0.25, 0.3) is 0 Å². The molecule has 0 spiro atoms. The Labute approximate surface area is 173 Å². The quantitative estimate of drug-likeness (QED) is 0.384. The molecule has 2 aromatic carbocycles. The Bertz CT molecular complexity index is 880. The summed E-state index contributed by atoms with van der Waals surface area (Å²) in [5.41, 5.74) is 1.22. The topological polar surface area (TPSA) is 101 Å². The first-order valence-electron chi connectivity index (χ1n) is 9.59. The fourth-order valence-corrected chi connectivity index (χ4v) is 4.04. The number of rotatable bonds is 7. The normalized spacial score (nSPS) is 14.2. The lowest BCUT2D eigenvalue weighted by atomic mass is 9.88. The van der Waals surface area contributed by atoms with Crippen molar-refractivity contribution in [1.29, 1.82) is 0 Å².